The fraction of sp³-hybridized carbons (Fsp3) is 0.333. The lowest BCUT2D eigenvalue weighted by atomic mass is 10.0. The summed E-state index contributed by atoms with van der Waals surface area (Å²) in [6.07, 6.45) is 5.84. The summed E-state index contributed by atoms with van der Waals surface area (Å²) >= 11 is 0. The maximum absolute atomic E-state index is 14.3. The van der Waals surface area contributed by atoms with E-state index in [-0.39, 0.29) is 31.4 Å². The number of aromatic hydroxyl groups is 1. The molecule has 2 aromatic heterocycles. The molecule has 2 heterocycles. The third-order valence-electron chi connectivity index (χ3n) is 10.1. The van der Waals surface area contributed by atoms with E-state index < -0.39 is 76.5 Å². The zero-order valence-electron chi connectivity index (χ0n) is 34.6. The Morgan fingerprint density at radius 2 is 1.46 bits per heavy atom. The van der Waals surface area contributed by atoms with Crippen molar-refractivity contribution in [3.05, 3.63) is 120 Å². The first-order valence-corrected chi connectivity index (χ1v) is 21.7. The minimum atomic E-state index is -4.85. The largest absolute Gasteiger partial charge is 0.508 e. The van der Waals surface area contributed by atoms with Crippen LogP contribution in [-0.4, -0.2) is 99.2 Å². The van der Waals surface area contributed by atoms with E-state index in [0.29, 0.717) is 46.2 Å². The van der Waals surface area contributed by atoms with Crippen molar-refractivity contribution in [3.8, 4) is 5.75 Å². The lowest BCUT2D eigenvalue weighted by molar-refractivity contribution is -0.133. The van der Waals surface area contributed by atoms with Gasteiger partial charge in [-0.05, 0) is 74.0 Å². The molecular weight excluding hydrogens is 833 g/mol. The Kier molecular flexibility index (Phi) is 16.9. The molecule has 63 heavy (non-hydrogen) atoms. The summed E-state index contributed by atoms with van der Waals surface area (Å²) in [5.41, 5.74) is 22.6. The van der Waals surface area contributed by atoms with E-state index in [1.165, 1.54) is 37.5 Å². The van der Waals surface area contributed by atoms with Crippen LogP contribution in [0.25, 0.3) is 10.9 Å². The van der Waals surface area contributed by atoms with Crippen LogP contribution in [0.4, 0.5) is 0 Å². The molecule has 20 nitrogen and oxygen atoms in total. The van der Waals surface area contributed by atoms with Crippen LogP contribution in [0.3, 0.4) is 0 Å². The fourth-order valence-electron chi connectivity index (χ4n) is 6.61. The standard InChI is InChI=1S/C42H54N12O8S/c1-26(49-41(59)36(20-29-22-47-34-12-6-5-11-32(29)34)51-40(58)33(44)21-30-23-46-25-48-30)39(57)52-54(24-28-14-16-31(55)17-15-28)63(61,62)53-37(19-27-9-3-2-4-10-27)42(60)50-35(38(45)56)13-7-8-18-43/h2-6,9-12,14-17,22-23,25-26,33,35-37,47,53,55H,7-8,13,18-21,24,43-44H2,1H3,(H2,45,56)(H,46,48)(H,49,59)(H,50,60)(H,51,58)(H,52,57)/t26-,33-,35-,36+,37+/m0/s1. The predicted octanol–water partition coefficient (Wildman–Crippen LogP) is -0.223. The molecular formula is C42H54N12O8S. The normalized spacial score (nSPS) is 14.0. The molecule has 0 unspecified atom stereocenters. The number of carbonyl (C=O) groups excluding carboxylic acids is 5. The number of unbranched alkanes of at least 4 members (excludes halogenated alkanes) is 1. The predicted molar refractivity (Wildman–Crippen MR) is 234 cm³/mol. The van der Waals surface area contributed by atoms with Gasteiger partial charge in [0.2, 0.25) is 23.6 Å². The number of nitrogens with one attached hydrogen (secondary N) is 7. The number of rotatable bonds is 24. The summed E-state index contributed by atoms with van der Waals surface area (Å²) in [5, 5.41) is 18.5. The zero-order chi connectivity index (χ0) is 45.5. The number of para-hydroxylation sites is 1. The molecule has 21 heteroatoms. The lowest BCUT2D eigenvalue weighted by Gasteiger charge is -2.28. The van der Waals surface area contributed by atoms with Crippen molar-refractivity contribution in [1.29, 1.82) is 0 Å². The number of carbonyl (C=O) groups is 5. The van der Waals surface area contributed by atoms with E-state index in [0.717, 1.165) is 10.9 Å². The number of fused-ring (bicyclic) bond motifs is 1. The van der Waals surface area contributed by atoms with Crippen LogP contribution in [-0.2, 0) is 60.0 Å². The maximum Gasteiger partial charge on any atom is 0.297 e. The Morgan fingerprint density at radius 3 is 2.14 bits per heavy atom. The second kappa shape index (κ2) is 22.4. The van der Waals surface area contributed by atoms with Gasteiger partial charge < -0.3 is 48.2 Å². The maximum atomic E-state index is 14.3. The van der Waals surface area contributed by atoms with Gasteiger partial charge in [-0.25, -0.2) is 4.98 Å². The number of hydrogen-bond donors (Lipinski definition) is 11. The number of aromatic amines is 2. The number of H-pyrrole nitrogens is 2. The molecule has 0 spiro atoms. The third-order valence-corrected chi connectivity index (χ3v) is 11.5. The molecule has 14 N–H and O–H groups in total. The third kappa shape index (κ3) is 13.9. The molecule has 0 aliphatic heterocycles. The smallest absolute Gasteiger partial charge is 0.297 e. The molecule has 336 valence electrons. The number of benzene rings is 3. The molecule has 0 fully saturated rings. The van der Waals surface area contributed by atoms with Crippen LogP contribution in [0.1, 0.15) is 48.6 Å². The van der Waals surface area contributed by atoms with Gasteiger partial charge >= 0.3 is 0 Å². The summed E-state index contributed by atoms with van der Waals surface area (Å²) < 4.78 is 31.6. The number of hydrazine groups is 1. The number of amides is 5. The molecule has 5 amide bonds. The number of phenols is 1. The topological polar surface area (TPSA) is 326 Å². The Bertz CT molecular complexity index is 2410. The van der Waals surface area contributed by atoms with E-state index >= 15 is 0 Å². The number of nitrogens with zero attached hydrogens (tertiary/aromatic N) is 2. The number of nitrogens with two attached hydrogens (primary N) is 3. The van der Waals surface area contributed by atoms with Crippen molar-refractivity contribution in [3.63, 3.8) is 0 Å². The first-order chi connectivity index (χ1) is 30.1. The van der Waals surface area contributed by atoms with Gasteiger partial charge in [-0.1, -0.05) is 65.1 Å². The van der Waals surface area contributed by atoms with Crippen molar-refractivity contribution in [1.82, 2.24) is 45.5 Å². The fourth-order valence-corrected chi connectivity index (χ4v) is 7.82. The number of hydrogen-bond acceptors (Lipinski definition) is 11. The summed E-state index contributed by atoms with van der Waals surface area (Å²) in [5.74, 6) is -4.19. The van der Waals surface area contributed by atoms with E-state index in [2.05, 4.69) is 41.1 Å². The Hall–Kier alpha value is -6.65. The van der Waals surface area contributed by atoms with Crippen LogP contribution in [0.5, 0.6) is 5.75 Å². The molecule has 0 saturated heterocycles. The zero-order valence-corrected chi connectivity index (χ0v) is 35.4. The Labute approximate surface area is 364 Å². The average Bonchev–Trinajstić information content (AvgIpc) is 3.93. The Balaban J connectivity index is 1.37. The van der Waals surface area contributed by atoms with Gasteiger partial charge in [0.1, 0.15) is 29.9 Å². The summed E-state index contributed by atoms with van der Waals surface area (Å²) in [6.45, 7) is 1.17. The first-order valence-electron chi connectivity index (χ1n) is 20.2. The molecule has 0 aliphatic carbocycles. The molecule has 0 aliphatic rings. The minimum absolute atomic E-state index is 0.00910. The van der Waals surface area contributed by atoms with Gasteiger partial charge in [0.15, 0.2) is 0 Å². The molecule has 5 atom stereocenters. The number of imidazole rings is 1. The monoisotopic (exact) mass is 886 g/mol. The highest BCUT2D eigenvalue weighted by atomic mass is 32.2. The average molecular weight is 887 g/mol. The van der Waals surface area contributed by atoms with Gasteiger partial charge in [0, 0.05) is 36.1 Å². The van der Waals surface area contributed by atoms with Crippen molar-refractivity contribution >= 4 is 50.6 Å². The molecule has 5 rings (SSSR count). The van der Waals surface area contributed by atoms with Crippen molar-refractivity contribution in [2.24, 2.45) is 17.2 Å². The van der Waals surface area contributed by atoms with Crippen molar-refractivity contribution in [2.45, 2.75) is 82.2 Å². The second-order valence-corrected chi connectivity index (χ2v) is 16.6. The van der Waals surface area contributed by atoms with Gasteiger partial charge in [0.05, 0.1) is 24.6 Å². The van der Waals surface area contributed by atoms with Crippen LogP contribution < -0.4 is 43.3 Å². The van der Waals surface area contributed by atoms with Gasteiger partial charge in [-0.2, -0.15) is 13.1 Å². The van der Waals surface area contributed by atoms with E-state index in [1.807, 2.05) is 24.3 Å². The van der Waals surface area contributed by atoms with Gasteiger partial charge in [0.25, 0.3) is 16.1 Å². The quantitative estimate of drug-likeness (QED) is 0.0284. The highest BCUT2D eigenvalue weighted by Crippen LogP contribution is 2.20. The van der Waals surface area contributed by atoms with Gasteiger partial charge in [-0.3, -0.25) is 29.4 Å². The Morgan fingerprint density at radius 1 is 0.778 bits per heavy atom. The molecule has 0 radical (unpaired) electrons. The highest BCUT2D eigenvalue weighted by molar-refractivity contribution is 7.87. The van der Waals surface area contributed by atoms with E-state index in [4.69, 9.17) is 17.2 Å². The molecule has 0 saturated carbocycles. The molecule has 5 aromatic rings. The van der Waals surface area contributed by atoms with Crippen molar-refractivity contribution in [2.75, 3.05) is 6.54 Å². The van der Waals surface area contributed by atoms with Crippen LogP contribution in [0.2, 0.25) is 0 Å². The summed E-state index contributed by atoms with van der Waals surface area (Å²) in [4.78, 5) is 77.4. The second-order valence-electron chi connectivity index (χ2n) is 15.0. The van der Waals surface area contributed by atoms with E-state index in [9.17, 15) is 37.5 Å². The van der Waals surface area contributed by atoms with Crippen molar-refractivity contribution < 1.29 is 37.5 Å². The molecule has 0 bridgehead atoms. The first kappa shape index (κ1) is 47.4. The van der Waals surface area contributed by atoms with Gasteiger partial charge in [-0.15, -0.1) is 0 Å². The number of phenolic OH excluding ortho intramolecular Hbond substituents is 1. The molecule has 3 aromatic carbocycles. The minimum Gasteiger partial charge on any atom is -0.508 e. The summed E-state index contributed by atoms with van der Waals surface area (Å²) in [6, 6.07) is 15.0. The van der Waals surface area contributed by atoms with E-state index in [1.54, 1.807) is 42.7 Å². The number of aromatic nitrogens is 3. The van der Waals surface area contributed by atoms with Crippen LogP contribution >= 0.6 is 0 Å². The lowest BCUT2D eigenvalue weighted by Crippen LogP contribution is -2.60. The van der Waals surface area contributed by atoms with Crippen LogP contribution in [0.15, 0.2) is 97.6 Å². The summed E-state index contributed by atoms with van der Waals surface area (Å²) in [7, 11) is -4.85. The SMILES string of the molecule is C[C@H](NC(=O)[C@@H](Cc1c[nH]c2ccccc12)NC(=O)[C@@H](N)Cc1c[nH]cn1)C(=O)NN(Cc1ccc(O)cc1)S(=O)(=O)N[C@H](Cc1ccccc1)C(=O)N[C@@H](CCCCN)C(N)=O. The number of primary amides is 1. The highest BCUT2D eigenvalue weighted by Gasteiger charge is 2.34. The van der Waals surface area contributed by atoms with Crippen LogP contribution in [0, 0.1) is 0 Å².